The van der Waals surface area contributed by atoms with Crippen LogP contribution in [0.15, 0.2) is 11.1 Å². The van der Waals surface area contributed by atoms with Gasteiger partial charge < -0.3 is 5.11 Å². The van der Waals surface area contributed by atoms with E-state index in [9.17, 15) is 23.5 Å². The number of carbonyl (C=O) groups excluding carboxylic acids is 2. The number of β-amino-alcohol motifs (C(OH)–C–C–N with tert-alkyl or cyclic N) is 1. The van der Waals surface area contributed by atoms with E-state index in [1.807, 2.05) is 13.8 Å². The van der Waals surface area contributed by atoms with Crippen molar-refractivity contribution in [2.75, 3.05) is 6.54 Å². The van der Waals surface area contributed by atoms with Crippen molar-refractivity contribution in [3.63, 3.8) is 0 Å². The average molecular weight is 313 g/mol. The van der Waals surface area contributed by atoms with Gasteiger partial charge in [-0.05, 0) is 45.4 Å². The highest BCUT2D eigenvalue weighted by molar-refractivity contribution is 6.06. The van der Waals surface area contributed by atoms with Crippen molar-refractivity contribution in [3.8, 4) is 0 Å². The molecule has 1 N–H and O–H groups in total. The second-order valence-corrected chi connectivity index (χ2v) is 7.22. The van der Waals surface area contributed by atoms with E-state index in [2.05, 4.69) is 0 Å². The van der Waals surface area contributed by atoms with E-state index in [0.29, 0.717) is 0 Å². The van der Waals surface area contributed by atoms with Crippen molar-refractivity contribution in [1.29, 1.82) is 0 Å². The van der Waals surface area contributed by atoms with Crippen molar-refractivity contribution in [3.05, 3.63) is 11.1 Å². The number of amides is 2. The third kappa shape index (κ3) is 1.96. The van der Waals surface area contributed by atoms with E-state index >= 15 is 0 Å². The van der Waals surface area contributed by atoms with Crippen LogP contribution in [0, 0.1) is 23.7 Å². The van der Waals surface area contributed by atoms with E-state index in [4.69, 9.17) is 0 Å². The Balaban J connectivity index is 1.89. The van der Waals surface area contributed by atoms with Gasteiger partial charge in [0, 0.05) is 0 Å². The van der Waals surface area contributed by atoms with Crippen molar-refractivity contribution in [2.45, 2.75) is 45.6 Å². The van der Waals surface area contributed by atoms with Crippen LogP contribution in [0.3, 0.4) is 0 Å². The molecule has 1 aliphatic heterocycles. The Labute approximate surface area is 128 Å². The van der Waals surface area contributed by atoms with Crippen LogP contribution in [0.25, 0.3) is 0 Å². The van der Waals surface area contributed by atoms with Crippen LogP contribution >= 0.6 is 0 Å². The third-order valence-electron chi connectivity index (χ3n) is 5.47. The molecule has 3 rings (SSSR count). The van der Waals surface area contributed by atoms with Gasteiger partial charge in [0.05, 0.1) is 18.4 Å². The van der Waals surface area contributed by atoms with Gasteiger partial charge in [-0.15, -0.1) is 0 Å². The van der Waals surface area contributed by atoms with Gasteiger partial charge in [0.15, 0.2) is 0 Å². The first-order valence-electron chi connectivity index (χ1n) is 7.70. The van der Waals surface area contributed by atoms with Crippen LogP contribution in [0.4, 0.5) is 8.78 Å². The quantitative estimate of drug-likeness (QED) is 0.640. The number of likely N-dealkylation sites (tertiary alicyclic amines) is 1. The number of alkyl halides is 2. The minimum Gasteiger partial charge on any atom is -0.382 e. The zero-order chi connectivity index (χ0) is 16.4. The maximum atomic E-state index is 12.8. The van der Waals surface area contributed by atoms with Crippen LogP contribution < -0.4 is 0 Å². The summed E-state index contributed by atoms with van der Waals surface area (Å²) in [5.41, 5.74) is 0.0214. The molecule has 1 heterocycles. The maximum Gasteiger partial charge on any atom is 0.268 e. The number of allylic oxidation sites excluding steroid dienone is 2. The van der Waals surface area contributed by atoms with Crippen LogP contribution in [-0.2, 0) is 9.59 Å². The lowest BCUT2D eigenvalue weighted by molar-refractivity contribution is -0.150. The van der Waals surface area contributed by atoms with Crippen LogP contribution in [0.2, 0.25) is 0 Å². The van der Waals surface area contributed by atoms with Gasteiger partial charge in [0.1, 0.15) is 5.60 Å². The van der Waals surface area contributed by atoms with Gasteiger partial charge >= 0.3 is 0 Å². The molecule has 22 heavy (non-hydrogen) atoms. The smallest absolute Gasteiger partial charge is 0.268 e. The Morgan fingerprint density at radius 3 is 2.05 bits per heavy atom. The van der Waals surface area contributed by atoms with Gasteiger partial charge in [-0.1, -0.05) is 11.1 Å². The van der Waals surface area contributed by atoms with Crippen molar-refractivity contribution < 1.29 is 23.5 Å². The molecule has 0 radical (unpaired) electrons. The first kappa shape index (κ1) is 15.6. The molecule has 1 saturated heterocycles. The lowest BCUT2D eigenvalue weighted by Gasteiger charge is -2.28. The summed E-state index contributed by atoms with van der Waals surface area (Å²) < 4.78 is 25.7. The summed E-state index contributed by atoms with van der Waals surface area (Å²) in [5, 5.41) is 9.73. The summed E-state index contributed by atoms with van der Waals surface area (Å²) in [6, 6.07) is 0. The highest BCUT2D eigenvalue weighted by Gasteiger charge is 2.63. The van der Waals surface area contributed by atoms with E-state index in [1.165, 1.54) is 5.57 Å². The topological polar surface area (TPSA) is 57.6 Å². The number of nitrogens with zero attached hydrogens (tertiary/aromatic N) is 1. The summed E-state index contributed by atoms with van der Waals surface area (Å²) in [6.07, 6.45) is -1.24. The molecule has 4 nitrogen and oxygen atoms in total. The number of hydrogen-bond acceptors (Lipinski definition) is 3. The largest absolute Gasteiger partial charge is 0.382 e. The van der Waals surface area contributed by atoms with Gasteiger partial charge in [0.25, 0.3) is 6.43 Å². The molecule has 1 unspecified atom stereocenters. The zero-order valence-corrected chi connectivity index (χ0v) is 13.0. The number of rotatable bonds is 3. The number of fused-ring (bicyclic) bond motifs is 5. The second kappa shape index (κ2) is 4.85. The van der Waals surface area contributed by atoms with E-state index in [1.54, 1.807) is 0 Å². The molecule has 2 bridgehead atoms. The molecule has 3 fully saturated rings. The first-order valence-corrected chi connectivity index (χ1v) is 7.70. The van der Waals surface area contributed by atoms with Gasteiger partial charge in [0.2, 0.25) is 11.8 Å². The molecule has 3 aliphatic rings. The molecule has 0 aromatic heterocycles. The predicted octanol–water partition coefficient (Wildman–Crippen LogP) is 1.98. The Kier molecular flexibility index (Phi) is 3.43. The molecular formula is C16H21F2NO3. The fraction of sp³-hybridized carbons (Fsp3) is 0.750. The summed E-state index contributed by atoms with van der Waals surface area (Å²) in [4.78, 5) is 26.0. The molecule has 0 aromatic carbocycles. The number of aliphatic hydroxyl groups is 1. The highest BCUT2D eigenvalue weighted by atomic mass is 19.3. The summed E-state index contributed by atoms with van der Waals surface area (Å²) in [7, 11) is 0. The summed E-state index contributed by atoms with van der Waals surface area (Å²) in [6.45, 7) is 4.33. The molecule has 6 heteroatoms. The molecule has 2 amide bonds. The number of carbonyl (C=O) groups is 2. The van der Waals surface area contributed by atoms with Gasteiger partial charge in [-0.2, -0.15) is 0 Å². The maximum absolute atomic E-state index is 12.8. The Morgan fingerprint density at radius 2 is 1.68 bits per heavy atom. The molecular weight excluding hydrogens is 292 g/mol. The summed E-state index contributed by atoms with van der Waals surface area (Å²) >= 11 is 0. The number of hydrogen-bond donors (Lipinski definition) is 1. The predicted molar refractivity (Wildman–Crippen MR) is 74.9 cm³/mol. The van der Waals surface area contributed by atoms with Crippen molar-refractivity contribution >= 4 is 11.8 Å². The van der Waals surface area contributed by atoms with Gasteiger partial charge in [-0.3, -0.25) is 14.5 Å². The van der Waals surface area contributed by atoms with Gasteiger partial charge in [-0.25, -0.2) is 8.78 Å². The normalized spacial score (nSPS) is 36.3. The van der Waals surface area contributed by atoms with Crippen LogP contribution in [0.5, 0.6) is 0 Å². The second-order valence-electron chi connectivity index (χ2n) is 7.22. The molecule has 5 atom stereocenters. The molecule has 2 aliphatic carbocycles. The third-order valence-corrected chi connectivity index (χ3v) is 5.47. The molecule has 122 valence electrons. The Bertz CT molecular complexity index is 534. The molecule has 0 aromatic rings. The minimum atomic E-state index is -3.00. The Hall–Kier alpha value is -1.30. The monoisotopic (exact) mass is 313 g/mol. The van der Waals surface area contributed by atoms with Crippen molar-refractivity contribution in [2.24, 2.45) is 23.7 Å². The molecule has 2 saturated carbocycles. The zero-order valence-electron chi connectivity index (χ0n) is 13.0. The standard InChI is InChI=1S/C16H21F2NO3/c1-7(2)10-8-4-5-9(10)12-11(8)13(20)19(14(12)21)6-16(3,22)15(17)18/h8-9,11-12,15,22H,4-6H2,1-3H3/t8-,9+,11+,12-,16?. The first-order chi connectivity index (χ1) is 10.2. The van der Waals surface area contributed by atoms with Crippen LogP contribution in [-0.4, -0.2) is 40.4 Å². The van der Waals surface area contributed by atoms with E-state index < -0.39 is 30.4 Å². The fourth-order valence-corrected chi connectivity index (χ4v) is 4.60. The van der Waals surface area contributed by atoms with E-state index in [-0.39, 0.29) is 23.7 Å². The number of halogens is 2. The SMILES string of the molecule is CC(C)=C1[C@H]2CC[C@@H]1[C@H]1C(=O)N(CC(C)(O)C(F)F)C(=O)[C@H]12. The summed E-state index contributed by atoms with van der Waals surface area (Å²) in [5.74, 6) is -1.46. The van der Waals surface area contributed by atoms with Crippen molar-refractivity contribution in [1.82, 2.24) is 4.90 Å². The lowest BCUT2D eigenvalue weighted by Crippen LogP contribution is -2.49. The minimum absolute atomic E-state index is 0.0675. The van der Waals surface area contributed by atoms with Crippen LogP contribution in [0.1, 0.15) is 33.6 Å². The van der Waals surface area contributed by atoms with E-state index in [0.717, 1.165) is 30.2 Å². The lowest BCUT2D eigenvalue weighted by atomic mass is 9.81. The average Bonchev–Trinajstić information content (AvgIpc) is 3.04. The number of imide groups is 1. The molecule has 0 spiro atoms. The Morgan fingerprint density at radius 1 is 1.23 bits per heavy atom. The fourth-order valence-electron chi connectivity index (χ4n) is 4.60. The highest BCUT2D eigenvalue weighted by Crippen LogP contribution is 2.60.